The number of aliphatic hydroxyl groups is 1. The van der Waals surface area contributed by atoms with Crippen molar-refractivity contribution in [3.8, 4) is 5.75 Å². The summed E-state index contributed by atoms with van der Waals surface area (Å²) in [6.45, 7) is 3.90. The third kappa shape index (κ3) is 6.24. The van der Waals surface area contributed by atoms with Gasteiger partial charge in [0.15, 0.2) is 0 Å². The molecule has 0 fully saturated rings. The average molecular weight is 369 g/mol. The lowest BCUT2D eigenvalue weighted by Gasteiger charge is -2.24. The molecule has 1 heterocycles. The molecular formula is C22H24FNO3. The minimum absolute atomic E-state index is 0.133. The second-order valence-corrected chi connectivity index (χ2v) is 6.65. The number of halogens is 1. The molecule has 2 aromatic carbocycles. The van der Waals surface area contributed by atoms with Crippen LogP contribution >= 0.6 is 0 Å². The van der Waals surface area contributed by atoms with Crippen LogP contribution in [0.4, 0.5) is 4.39 Å². The first-order chi connectivity index (χ1) is 13.1. The van der Waals surface area contributed by atoms with Crippen LogP contribution in [0.2, 0.25) is 0 Å². The highest BCUT2D eigenvalue weighted by atomic mass is 19.1. The molecule has 0 bridgehead atoms. The van der Waals surface area contributed by atoms with E-state index in [-0.39, 0.29) is 12.4 Å². The number of aliphatic hydroxyl groups excluding tert-OH is 1. The van der Waals surface area contributed by atoms with Crippen molar-refractivity contribution in [1.82, 2.24) is 4.90 Å². The molecule has 3 rings (SSSR count). The topological polar surface area (TPSA) is 45.8 Å². The van der Waals surface area contributed by atoms with E-state index in [1.807, 2.05) is 12.1 Å². The van der Waals surface area contributed by atoms with Crippen LogP contribution in [0.3, 0.4) is 0 Å². The van der Waals surface area contributed by atoms with Crippen molar-refractivity contribution in [2.75, 3.05) is 13.2 Å². The number of nitrogens with zero attached hydrogens (tertiary/aromatic N) is 1. The van der Waals surface area contributed by atoms with Crippen LogP contribution in [0.5, 0.6) is 5.75 Å². The van der Waals surface area contributed by atoms with Crippen LogP contribution in [-0.4, -0.2) is 29.3 Å². The zero-order valence-electron chi connectivity index (χ0n) is 15.3. The van der Waals surface area contributed by atoms with Gasteiger partial charge in [-0.15, -0.1) is 0 Å². The first-order valence-electron chi connectivity index (χ1n) is 8.95. The molecule has 1 atom stereocenters. The molecule has 27 heavy (non-hydrogen) atoms. The average Bonchev–Trinajstić information content (AvgIpc) is 3.16. The van der Waals surface area contributed by atoms with Gasteiger partial charge in [-0.3, -0.25) is 4.90 Å². The first kappa shape index (κ1) is 19.1. The normalized spacial score (nSPS) is 12.3. The van der Waals surface area contributed by atoms with Crippen molar-refractivity contribution < 1.29 is 18.7 Å². The molecule has 1 N–H and O–H groups in total. The van der Waals surface area contributed by atoms with Crippen molar-refractivity contribution in [3.05, 3.63) is 89.6 Å². The summed E-state index contributed by atoms with van der Waals surface area (Å²) >= 11 is 0. The minimum atomic E-state index is -0.685. The van der Waals surface area contributed by atoms with E-state index >= 15 is 0 Å². The van der Waals surface area contributed by atoms with Gasteiger partial charge >= 0.3 is 0 Å². The summed E-state index contributed by atoms with van der Waals surface area (Å²) < 4.78 is 24.0. The van der Waals surface area contributed by atoms with Gasteiger partial charge in [0.05, 0.1) is 12.8 Å². The fourth-order valence-corrected chi connectivity index (χ4v) is 2.83. The molecule has 0 amide bonds. The number of furan rings is 1. The number of benzene rings is 2. The zero-order chi connectivity index (χ0) is 19.1. The highest BCUT2D eigenvalue weighted by Gasteiger charge is 2.15. The van der Waals surface area contributed by atoms with Crippen molar-refractivity contribution in [1.29, 1.82) is 0 Å². The largest absolute Gasteiger partial charge is 0.491 e. The molecule has 4 nitrogen and oxygen atoms in total. The summed E-state index contributed by atoms with van der Waals surface area (Å²) in [6.07, 6.45) is 0.962. The lowest BCUT2D eigenvalue weighted by atomic mass is 10.1. The molecule has 0 spiro atoms. The number of rotatable bonds is 9. The van der Waals surface area contributed by atoms with Crippen LogP contribution in [0.25, 0.3) is 0 Å². The second kappa shape index (κ2) is 9.35. The summed E-state index contributed by atoms with van der Waals surface area (Å²) in [5.41, 5.74) is 2.38. The Balaban J connectivity index is 1.59. The number of hydrogen-bond donors (Lipinski definition) is 1. The lowest BCUT2D eigenvalue weighted by molar-refractivity contribution is 0.0604. The molecule has 5 heteroatoms. The Bertz CT molecular complexity index is 801. The molecule has 0 saturated carbocycles. The molecule has 0 saturated heterocycles. The summed E-state index contributed by atoms with van der Waals surface area (Å²) in [4.78, 5) is 2.11. The third-order valence-electron chi connectivity index (χ3n) is 4.21. The Morgan fingerprint density at radius 1 is 1.04 bits per heavy atom. The van der Waals surface area contributed by atoms with E-state index in [0.29, 0.717) is 25.4 Å². The van der Waals surface area contributed by atoms with Gasteiger partial charge in [-0.25, -0.2) is 4.39 Å². The van der Waals surface area contributed by atoms with Crippen molar-refractivity contribution in [2.45, 2.75) is 26.1 Å². The van der Waals surface area contributed by atoms with E-state index in [0.717, 1.165) is 5.76 Å². The van der Waals surface area contributed by atoms with E-state index in [1.165, 1.54) is 23.3 Å². The molecule has 1 aromatic heterocycles. The first-order valence-corrected chi connectivity index (χ1v) is 8.95. The Labute approximate surface area is 158 Å². The summed E-state index contributed by atoms with van der Waals surface area (Å²) in [7, 11) is 0. The lowest BCUT2D eigenvalue weighted by Crippen LogP contribution is -2.35. The van der Waals surface area contributed by atoms with Gasteiger partial charge in [0.2, 0.25) is 0 Å². The number of hydrogen-bond acceptors (Lipinski definition) is 4. The molecule has 142 valence electrons. The molecule has 0 aliphatic rings. The quantitative estimate of drug-likeness (QED) is 0.615. The van der Waals surface area contributed by atoms with Gasteiger partial charge in [0.1, 0.15) is 30.0 Å². The van der Waals surface area contributed by atoms with E-state index in [1.54, 1.807) is 18.4 Å². The molecule has 0 radical (unpaired) electrons. The van der Waals surface area contributed by atoms with Crippen LogP contribution in [-0.2, 0) is 13.1 Å². The highest BCUT2D eigenvalue weighted by molar-refractivity contribution is 5.22. The van der Waals surface area contributed by atoms with Gasteiger partial charge in [-0.1, -0.05) is 29.8 Å². The second-order valence-electron chi connectivity index (χ2n) is 6.65. The SMILES string of the molecule is Cc1ccc(CN(Cc2ccco2)CC(O)COc2ccc(F)cc2)cc1. The summed E-state index contributed by atoms with van der Waals surface area (Å²) in [5.74, 6) is 1.06. The molecule has 0 aliphatic heterocycles. The fraction of sp³-hybridized carbons (Fsp3) is 0.273. The predicted octanol–water partition coefficient (Wildman–Crippen LogP) is 4.17. The Hall–Kier alpha value is -2.63. The van der Waals surface area contributed by atoms with Crippen LogP contribution < -0.4 is 4.74 Å². The van der Waals surface area contributed by atoms with Gasteiger partial charge in [-0.2, -0.15) is 0 Å². The van der Waals surface area contributed by atoms with E-state index in [9.17, 15) is 9.50 Å². The predicted molar refractivity (Wildman–Crippen MR) is 102 cm³/mol. The van der Waals surface area contributed by atoms with E-state index in [2.05, 4.69) is 36.1 Å². The van der Waals surface area contributed by atoms with Gasteiger partial charge < -0.3 is 14.3 Å². The Kier molecular flexibility index (Phi) is 6.63. The van der Waals surface area contributed by atoms with E-state index in [4.69, 9.17) is 9.15 Å². The van der Waals surface area contributed by atoms with Gasteiger partial charge in [-0.05, 0) is 48.9 Å². The zero-order valence-corrected chi connectivity index (χ0v) is 15.3. The Morgan fingerprint density at radius 3 is 2.44 bits per heavy atom. The van der Waals surface area contributed by atoms with Crippen LogP contribution in [0.15, 0.2) is 71.3 Å². The molecule has 3 aromatic rings. The van der Waals surface area contributed by atoms with Crippen molar-refractivity contribution in [2.24, 2.45) is 0 Å². The maximum Gasteiger partial charge on any atom is 0.123 e. The maximum absolute atomic E-state index is 12.9. The summed E-state index contributed by atoms with van der Waals surface area (Å²) in [6, 6.07) is 17.9. The fourth-order valence-electron chi connectivity index (χ4n) is 2.83. The molecule has 0 aliphatic carbocycles. The van der Waals surface area contributed by atoms with Crippen molar-refractivity contribution >= 4 is 0 Å². The third-order valence-corrected chi connectivity index (χ3v) is 4.21. The summed E-state index contributed by atoms with van der Waals surface area (Å²) in [5, 5.41) is 10.4. The van der Waals surface area contributed by atoms with Gasteiger partial charge in [0, 0.05) is 13.1 Å². The minimum Gasteiger partial charge on any atom is -0.491 e. The smallest absolute Gasteiger partial charge is 0.123 e. The maximum atomic E-state index is 12.9. The monoisotopic (exact) mass is 369 g/mol. The standard InChI is InChI=1S/C22H24FNO3/c1-17-4-6-18(7-5-17)13-24(15-22-3-2-12-26-22)14-20(25)16-27-21-10-8-19(23)9-11-21/h2-12,20,25H,13-16H2,1H3. The molecule has 1 unspecified atom stereocenters. The highest BCUT2D eigenvalue weighted by Crippen LogP contribution is 2.14. The van der Waals surface area contributed by atoms with Crippen molar-refractivity contribution in [3.63, 3.8) is 0 Å². The number of aryl methyl sites for hydroxylation is 1. The molecular weight excluding hydrogens is 345 g/mol. The number of ether oxygens (including phenoxy) is 1. The van der Waals surface area contributed by atoms with Crippen LogP contribution in [0, 0.1) is 12.7 Å². The van der Waals surface area contributed by atoms with E-state index < -0.39 is 6.10 Å². The Morgan fingerprint density at radius 2 is 1.78 bits per heavy atom. The van der Waals surface area contributed by atoms with Gasteiger partial charge in [0.25, 0.3) is 0 Å². The van der Waals surface area contributed by atoms with Crippen LogP contribution in [0.1, 0.15) is 16.9 Å².